The zero-order valence-corrected chi connectivity index (χ0v) is 13.9. The first-order chi connectivity index (χ1) is 9.97. The van der Waals surface area contributed by atoms with Crippen LogP contribution < -0.4 is 5.32 Å². The lowest BCUT2D eigenvalue weighted by Crippen LogP contribution is -2.42. The molecule has 0 spiro atoms. The number of aliphatic hydroxyl groups excluding tert-OH is 1. The van der Waals surface area contributed by atoms with E-state index in [0.717, 1.165) is 36.4 Å². The topological polar surface area (TPSA) is 65.5 Å². The number of rotatable bonds is 4. The maximum absolute atomic E-state index is 12.1. The molecule has 1 aromatic heterocycles. The molecule has 1 aromatic rings. The van der Waals surface area contributed by atoms with Gasteiger partial charge in [-0.25, -0.2) is 9.78 Å². The van der Waals surface area contributed by atoms with Crippen LogP contribution >= 0.6 is 11.3 Å². The van der Waals surface area contributed by atoms with Crippen LogP contribution in [0.15, 0.2) is 0 Å². The summed E-state index contributed by atoms with van der Waals surface area (Å²) in [5.74, 6) is 0.207. The molecule has 1 aliphatic carbocycles. The molecule has 118 valence electrons. The molecule has 0 radical (unpaired) electrons. The third kappa shape index (κ3) is 4.41. The van der Waals surface area contributed by atoms with Gasteiger partial charge in [-0.2, -0.15) is 0 Å². The van der Waals surface area contributed by atoms with Crippen LogP contribution in [0.5, 0.6) is 0 Å². The maximum atomic E-state index is 12.1. The number of amides is 2. The van der Waals surface area contributed by atoms with E-state index in [4.69, 9.17) is 0 Å². The molecule has 21 heavy (non-hydrogen) atoms. The Bertz CT molecular complexity index is 470. The normalized spacial score (nSPS) is 22.1. The molecule has 2 unspecified atom stereocenters. The summed E-state index contributed by atoms with van der Waals surface area (Å²) >= 11 is 1.62. The molecular formula is C15H25N3O2S. The predicted molar refractivity (Wildman–Crippen MR) is 84.4 cm³/mol. The van der Waals surface area contributed by atoms with Crippen LogP contribution in [0.1, 0.15) is 41.3 Å². The number of aromatic nitrogens is 1. The highest BCUT2D eigenvalue weighted by Crippen LogP contribution is 2.24. The molecule has 1 saturated carbocycles. The van der Waals surface area contributed by atoms with Crippen molar-refractivity contribution >= 4 is 17.4 Å². The molecule has 0 saturated heterocycles. The highest BCUT2D eigenvalue weighted by Gasteiger charge is 2.25. The smallest absolute Gasteiger partial charge is 0.317 e. The Labute approximate surface area is 130 Å². The van der Waals surface area contributed by atoms with Crippen LogP contribution in [0.25, 0.3) is 0 Å². The fourth-order valence-corrected chi connectivity index (χ4v) is 3.61. The minimum absolute atomic E-state index is 0.0988. The van der Waals surface area contributed by atoms with E-state index in [9.17, 15) is 9.90 Å². The number of aryl methyl sites for hydroxylation is 2. The zero-order valence-electron chi connectivity index (χ0n) is 13.1. The van der Waals surface area contributed by atoms with Gasteiger partial charge in [0.1, 0.15) is 5.01 Å². The molecule has 6 heteroatoms. The highest BCUT2D eigenvalue weighted by atomic mass is 32.1. The number of nitrogens with one attached hydrogen (secondary N) is 1. The Kier molecular flexibility index (Phi) is 5.58. The van der Waals surface area contributed by atoms with Gasteiger partial charge in [-0.3, -0.25) is 0 Å². The van der Waals surface area contributed by atoms with Gasteiger partial charge < -0.3 is 15.3 Å². The minimum atomic E-state index is -0.265. The lowest BCUT2D eigenvalue weighted by atomic mass is 9.86. The largest absolute Gasteiger partial charge is 0.393 e. The lowest BCUT2D eigenvalue weighted by molar-refractivity contribution is 0.0565. The first-order valence-corrected chi connectivity index (χ1v) is 8.39. The third-order valence-electron chi connectivity index (χ3n) is 4.19. The molecule has 0 aromatic carbocycles. The summed E-state index contributed by atoms with van der Waals surface area (Å²) in [7, 11) is 1.79. The van der Waals surface area contributed by atoms with Crippen molar-refractivity contribution in [1.82, 2.24) is 15.2 Å². The number of carbonyl (C=O) groups excluding carboxylic acids is 1. The number of aliphatic hydroxyl groups is 1. The van der Waals surface area contributed by atoms with E-state index in [1.54, 1.807) is 23.3 Å². The summed E-state index contributed by atoms with van der Waals surface area (Å²) in [5.41, 5.74) is 1.03. The van der Waals surface area contributed by atoms with E-state index < -0.39 is 0 Å². The zero-order chi connectivity index (χ0) is 15.4. The Morgan fingerprint density at radius 2 is 2.14 bits per heavy atom. The van der Waals surface area contributed by atoms with E-state index >= 15 is 0 Å². The van der Waals surface area contributed by atoms with Crippen LogP contribution in [0.4, 0.5) is 4.79 Å². The Morgan fingerprint density at radius 3 is 2.76 bits per heavy atom. The second-order valence-electron chi connectivity index (χ2n) is 5.90. The molecule has 0 aliphatic heterocycles. The van der Waals surface area contributed by atoms with Crippen LogP contribution in [-0.4, -0.2) is 40.7 Å². The average Bonchev–Trinajstić information content (AvgIpc) is 2.77. The SMILES string of the molecule is Cc1nc(CNC(=O)N(C)CC2CCCCC2O)sc1C. The average molecular weight is 311 g/mol. The number of carbonyl (C=O) groups is 1. The number of thiazole rings is 1. The number of urea groups is 1. The Hall–Kier alpha value is -1.14. The molecule has 2 rings (SSSR count). The molecule has 1 fully saturated rings. The maximum Gasteiger partial charge on any atom is 0.317 e. The molecule has 1 heterocycles. The van der Waals surface area contributed by atoms with E-state index in [-0.39, 0.29) is 18.1 Å². The monoisotopic (exact) mass is 311 g/mol. The van der Waals surface area contributed by atoms with Crippen LogP contribution in [0.3, 0.4) is 0 Å². The quantitative estimate of drug-likeness (QED) is 0.897. The molecular weight excluding hydrogens is 286 g/mol. The minimum Gasteiger partial charge on any atom is -0.393 e. The van der Waals surface area contributed by atoms with Crippen molar-refractivity contribution in [3.63, 3.8) is 0 Å². The van der Waals surface area contributed by atoms with Crippen molar-refractivity contribution in [3.05, 3.63) is 15.6 Å². The van der Waals surface area contributed by atoms with Gasteiger partial charge in [0, 0.05) is 24.4 Å². The first kappa shape index (κ1) is 16.2. The fraction of sp³-hybridized carbons (Fsp3) is 0.733. The van der Waals surface area contributed by atoms with E-state index in [2.05, 4.69) is 10.3 Å². The summed E-state index contributed by atoms with van der Waals surface area (Å²) in [4.78, 5) is 19.4. The van der Waals surface area contributed by atoms with Gasteiger partial charge in [-0.15, -0.1) is 11.3 Å². The summed E-state index contributed by atoms with van der Waals surface area (Å²) in [5, 5.41) is 13.8. The number of hydrogen-bond acceptors (Lipinski definition) is 4. The van der Waals surface area contributed by atoms with Crippen molar-refractivity contribution in [2.75, 3.05) is 13.6 Å². The summed E-state index contributed by atoms with van der Waals surface area (Å²) in [6.45, 7) is 5.10. The summed E-state index contributed by atoms with van der Waals surface area (Å²) in [6.07, 6.45) is 3.84. The van der Waals surface area contributed by atoms with Gasteiger partial charge in [-0.1, -0.05) is 12.8 Å². The highest BCUT2D eigenvalue weighted by molar-refractivity contribution is 7.11. The van der Waals surface area contributed by atoms with E-state index in [1.807, 2.05) is 13.8 Å². The molecule has 0 bridgehead atoms. The van der Waals surface area contributed by atoms with Gasteiger partial charge in [0.05, 0.1) is 18.3 Å². The number of hydrogen-bond donors (Lipinski definition) is 2. The third-order valence-corrected chi connectivity index (χ3v) is 5.26. The van der Waals surface area contributed by atoms with E-state index in [1.165, 1.54) is 4.88 Å². The van der Waals surface area contributed by atoms with Crippen LogP contribution in [-0.2, 0) is 6.54 Å². The fourth-order valence-electron chi connectivity index (χ4n) is 2.74. The van der Waals surface area contributed by atoms with Gasteiger partial charge in [-0.05, 0) is 26.7 Å². The van der Waals surface area contributed by atoms with Gasteiger partial charge in [0.25, 0.3) is 0 Å². The van der Waals surface area contributed by atoms with Crippen molar-refractivity contribution in [2.24, 2.45) is 5.92 Å². The molecule has 5 nitrogen and oxygen atoms in total. The van der Waals surface area contributed by atoms with Crippen molar-refractivity contribution in [1.29, 1.82) is 0 Å². The second kappa shape index (κ2) is 7.22. The molecule has 2 amide bonds. The number of nitrogens with zero attached hydrogens (tertiary/aromatic N) is 2. The van der Waals surface area contributed by atoms with Crippen molar-refractivity contribution < 1.29 is 9.90 Å². The van der Waals surface area contributed by atoms with E-state index in [0.29, 0.717) is 13.1 Å². The lowest BCUT2D eigenvalue weighted by Gasteiger charge is -2.31. The molecule has 1 aliphatic rings. The molecule has 2 N–H and O–H groups in total. The second-order valence-corrected chi connectivity index (χ2v) is 7.19. The first-order valence-electron chi connectivity index (χ1n) is 7.57. The molecule has 2 atom stereocenters. The van der Waals surface area contributed by atoms with Crippen LogP contribution in [0, 0.1) is 19.8 Å². The van der Waals surface area contributed by atoms with Gasteiger partial charge >= 0.3 is 6.03 Å². The predicted octanol–water partition coefficient (Wildman–Crippen LogP) is 2.45. The Morgan fingerprint density at radius 1 is 1.43 bits per heavy atom. The summed E-state index contributed by atoms with van der Waals surface area (Å²) < 4.78 is 0. The standard InChI is InChI=1S/C15H25N3O2S/c1-10-11(2)21-14(17-10)8-16-15(20)18(3)9-12-6-4-5-7-13(12)19/h12-13,19H,4-9H2,1-3H3,(H,16,20). The van der Waals surface area contributed by atoms with Crippen molar-refractivity contribution in [2.45, 2.75) is 52.2 Å². The van der Waals surface area contributed by atoms with Gasteiger partial charge in [0.2, 0.25) is 0 Å². The van der Waals surface area contributed by atoms with Crippen molar-refractivity contribution in [3.8, 4) is 0 Å². The van der Waals surface area contributed by atoms with Crippen LogP contribution in [0.2, 0.25) is 0 Å². The Balaban J connectivity index is 1.79. The van der Waals surface area contributed by atoms with Gasteiger partial charge in [0.15, 0.2) is 0 Å². The summed E-state index contributed by atoms with van der Waals surface area (Å²) in [6, 6.07) is -0.0988.